The highest BCUT2D eigenvalue weighted by Crippen LogP contribution is 2.31. The van der Waals surface area contributed by atoms with Gasteiger partial charge < -0.3 is 19.8 Å². The minimum absolute atomic E-state index is 0.139. The third-order valence-corrected chi connectivity index (χ3v) is 5.02. The molecule has 6 nitrogen and oxygen atoms in total. The van der Waals surface area contributed by atoms with Gasteiger partial charge in [-0.2, -0.15) is 0 Å². The van der Waals surface area contributed by atoms with Crippen molar-refractivity contribution < 1.29 is 13.9 Å². The van der Waals surface area contributed by atoms with E-state index < -0.39 is 0 Å². The van der Waals surface area contributed by atoms with E-state index in [1.54, 1.807) is 17.2 Å². The molecule has 0 radical (unpaired) electrons. The summed E-state index contributed by atoms with van der Waals surface area (Å²) >= 11 is 0. The lowest BCUT2D eigenvalue weighted by atomic mass is 10.0. The van der Waals surface area contributed by atoms with Crippen LogP contribution in [0.15, 0.2) is 59.1 Å². The molecule has 0 bridgehead atoms. The number of rotatable bonds is 4. The zero-order valence-corrected chi connectivity index (χ0v) is 15.8. The third kappa shape index (κ3) is 3.39. The SMILES string of the molecule is CCc1ccc(C2COCCN2C(=O)c2ccnc(-c3ccccc3)c2N)o1. The molecule has 1 atom stereocenters. The van der Waals surface area contributed by atoms with E-state index in [2.05, 4.69) is 4.98 Å². The normalized spacial score (nSPS) is 16.9. The molecule has 2 N–H and O–H groups in total. The van der Waals surface area contributed by atoms with E-state index in [9.17, 15) is 4.79 Å². The predicted molar refractivity (Wildman–Crippen MR) is 107 cm³/mol. The van der Waals surface area contributed by atoms with E-state index in [4.69, 9.17) is 14.9 Å². The standard InChI is InChI=1S/C22H23N3O3/c1-2-16-8-9-19(28-16)18-14-27-13-12-25(18)22(26)17-10-11-24-21(20(17)23)15-6-4-3-5-7-15/h3-11,18H,2,12-14,23H2,1H3. The van der Waals surface area contributed by atoms with Crippen LogP contribution in [0.25, 0.3) is 11.3 Å². The van der Waals surface area contributed by atoms with E-state index >= 15 is 0 Å². The average Bonchev–Trinajstić information content (AvgIpc) is 3.23. The van der Waals surface area contributed by atoms with Crippen LogP contribution in [0.1, 0.15) is 34.8 Å². The van der Waals surface area contributed by atoms with Crippen molar-refractivity contribution in [3.05, 3.63) is 71.8 Å². The second-order valence-corrected chi connectivity index (χ2v) is 6.73. The Bertz CT molecular complexity index is 968. The van der Waals surface area contributed by atoms with Crippen LogP contribution < -0.4 is 5.73 Å². The quantitative estimate of drug-likeness (QED) is 0.750. The summed E-state index contributed by atoms with van der Waals surface area (Å²) in [6, 6.07) is 14.9. The van der Waals surface area contributed by atoms with Crippen molar-refractivity contribution >= 4 is 11.6 Å². The van der Waals surface area contributed by atoms with Crippen molar-refractivity contribution in [2.75, 3.05) is 25.5 Å². The number of ether oxygens (including phenoxy) is 1. The monoisotopic (exact) mass is 377 g/mol. The number of nitrogens with zero attached hydrogens (tertiary/aromatic N) is 2. The largest absolute Gasteiger partial charge is 0.464 e. The van der Waals surface area contributed by atoms with E-state index in [1.807, 2.05) is 49.4 Å². The number of anilines is 1. The van der Waals surface area contributed by atoms with E-state index in [1.165, 1.54) is 0 Å². The number of furan rings is 1. The summed E-state index contributed by atoms with van der Waals surface area (Å²) in [6.07, 6.45) is 2.43. The van der Waals surface area contributed by atoms with Crippen molar-refractivity contribution in [2.24, 2.45) is 0 Å². The summed E-state index contributed by atoms with van der Waals surface area (Å²) in [5.74, 6) is 1.49. The van der Waals surface area contributed by atoms with Gasteiger partial charge in [0.2, 0.25) is 0 Å². The van der Waals surface area contributed by atoms with Crippen LogP contribution in [0.5, 0.6) is 0 Å². The fraction of sp³-hybridized carbons (Fsp3) is 0.273. The van der Waals surface area contributed by atoms with Crippen LogP contribution >= 0.6 is 0 Å². The van der Waals surface area contributed by atoms with Gasteiger partial charge in [-0.05, 0) is 18.2 Å². The smallest absolute Gasteiger partial charge is 0.256 e. The Balaban J connectivity index is 1.68. The highest BCUT2D eigenvalue weighted by molar-refractivity contribution is 6.02. The number of hydrogen-bond acceptors (Lipinski definition) is 5. The predicted octanol–water partition coefficient (Wildman–Crippen LogP) is 3.70. The number of pyridine rings is 1. The van der Waals surface area contributed by atoms with Crippen LogP contribution in [0.3, 0.4) is 0 Å². The Morgan fingerprint density at radius 3 is 2.79 bits per heavy atom. The molecule has 144 valence electrons. The molecule has 4 rings (SSSR count). The molecule has 0 spiro atoms. The number of amides is 1. The van der Waals surface area contributed by atoms with Gasteiger partial charge in [-0.25, -0.2) is 0 Å². The van der Waals surface area contributed by atoms with Crippen LogP contribution in [0.2, 0.25) is 0 Å². The lowest BCUT2D eigenvalue weighted by molar-refractivity contribution is -0.00896. The van der Waals surface area contributed by atoms with Crippen LogP contribution in [-0.4, -0.2) is 35.5 Å². The van der Waals surface area contributed by atoms with E-state index in [0.29, 0.717) is 36.7 Å². The molecule has 1 aliphatic rings. The molecule has 28 heavy (non-hydrogen) atoms. The molecule has 0 aliphatic carbocycles. The van der Waals surface area contributed by atoms with E-state index in [0.717, 1.165) is 23.5 Å². The maximum atomic E-state index is 13.4. The molecular weight excluding hydrogens is 354 g/mol. The molecular formula is C22H23N3O3. The molecule has 2 aromatic heterocycles. The van der Waals surface area contributed by atoms with Gasteiger partial charge in [-0.15, -0.1) is 0 Å². The summed E-state index contributed by atoms with van der Waals surface area (Å²) in [5, 5.41) is 0. The first-order valence-electron chi connectivity index (χ1n) is 9.46. The van der Waals surface area contributed by atoms with Crippen molar-refractivity contribution in [2.45, 2.75) is 19.4 Å². The number of morpholine rings is 1. The van der Waals surface area contributed by atoms with Crippen molar-refractivity contribution in [3.63, 3.8) is 0 Å². The maximum absolute atomic E-state index is 13.4. The molecule has 1 amide bonds. The third-order valence-electron chi connectivity index (χ3n) is 5.02. The van der Waals surface area contributed by atoms with Crippen molar-refractivity contribution in [1.82, 2.24) is 9.88 Å². The number of carbonyl (C=O) groups is 1. The summed E-state index contributed by atoms with van der Waals surface area (Å²) < 4.78 is 11.5. The minimum atomic E-state index is -0.269. The lowest BCUT2D eigenvalue weighted by Gasteiger charge is -2.34. The number of nitrogen functional groups attached to an aromatic ring is 1. The van der Waals surface area contributed by atoms with Crippen LogP contribution in [0, 0.1) is 0 Å². The Hall–Kier alpha value is -3.12. The van der Waals surface area contributed by atoms with Crippen molar-refractivity contribution in [1.29, 1.82) is 0 Å². The number of carbonyl (C=O) groups excluding carboxylic acids is 1. The molecule has 3 aromatic rings. The number of benzene rings is 1. The Labute approximate surface area is 163 Å². The molecule has 1 unspecified atom stereocenters. The number of hydrogen-bond donors (Lipinski definition) is 1. The topological polar surface area (TPSA) is 81.6 Å². The number of nitrogens with two attached hydrogens (primary N) is 1. The lowest BCUT2D eigenvalue weighted by Crippen LogP contribution is -2.43. The molecule has 1 aromatic carbocycles. The first kappa shape index (κ1) is 18.3. The summed E-state index contributed by atoms with van der Waals surface area (Å²) in [7, 11) is 0. The van der Waals surface area contributed by atoms with Gasteiger partial charge in [0.25, 0.3) is 5.91 Å². The Morgan fingerprint density at radius 1 is 1.21 bits per heavy atom. The Kier molecular flexibility index (Phi) is 5.12. The molecule has 1 saturated heterocycles. The highest BCUT2D eigenvalue weighted by atomic mass is 16.5. The fourth-order valence-corrected chi connectivity index (χ4v) is 3.49. The molecule has 1 fully saturated rings. The Morgan fingerprint density at radius 2 is 2.04 bits per heavy atom. The molecule has 6 heteroatoms. The van der Waals surface area contributed by atoms with Gasteiger partial charge in [0, 0.05) is 24.7 Å². The fourth-order valence-electron chi connectivity index (χ4n) is 3.49. The highest BCUT2D eigenvalue weighted by Gasteiger charge is 2.32. The number of aromatic nitrogens is 1. The van der Waals surface area contributed by atoms with Gasteiger partial charge in [0.05, 0.1) is 30.2 Å². The van der Waals surface area contributed by atoms with Crippen LogP contribution in [0.4, 0.5) is 5.69 Å². The summed E-state index contributed by atoms with van der Waals surface area (Å²) in [4.78, 5) is 19.6. The zero-order chi connectivity index (χ0) is 19.5. The van der Waals surface area contributed by atoms with Crippen molar-refractivity contribution in [3.8, 4) is 11.3 Å². The van der Waals surface area contributed by atoms with Gasteiger partial charge in [-0.1, -0.05) is 37.3 Å². The van der Waals surface area contributed by atoms with Gasteiger partial charge >= 0.3 is 0 Å². The van der Waals surface area contributed by atoms with Gasteiger partial charge in [0.1, 0.15) is 17.6 Å². The van der Waals surface area contributed by atoms with E-state index in [-0.39, 0.29) is 11.9 Å². The maximum Gasteiger partial charge on any atom is 0.256 e. The molecule has 1 aliphatic heterocycles. The first-order valence-corrected chi connectivity index (χ1v) is 9.46. The van der Waals surface area contributed by atoms with Crippen LogP contribution in [-0.2, 0) is 11.2 Å². The minimum Gasteiger partial charge on any atom is -0.464 e. The first-order chi connectivity index (χ1) is 13.7. The molecule has 0 saturated carbocycles. The van der Waals surface area contributed by atoms with Gasteiger partial charge in [0.15, 0.2) is 0 Å². The molecule has 3 heterocycles. The second-order valence-electron chi connectivity index (χ2n) is 6.73. The summed E-state index contributed by atoms with van der Waals surface area (Å²) in [5.41, 5.74) is 8.70. The average molecular weight is 377 g/mol. The number of aryl methyl sites for hydroxylation is 1. The zero-order valence-electron chi connectivity index (χ0n) is 15.8. The van der Waals surface area contributed by atoms with Gasteiger partial charge in [-0.3, -0.25) is 9.78 Å². The summed E-state index contributed by atoms with van der Waals surface area (Å²) in [6.45, 7) is 3.40. The second kappa shape index (κ2) is 7.86.